The van der Waals surface area contributed by atoms with Gasteiger partial charge in [-0.05, 0) is 31.5 Å². The number of halogens is 1. The number of benzene rings is 1. The van der Waals surface area contributed by atoms with E-state index in [0.29, 0.717) is 18.8 Å². The molecule has 0 aliphatic carbocycles. The van der Waals surface area contributed by atoms with Crippen molar-refractivity contribution in [2.45, 2.75) is 26.9 Å². The molecule has 0 aliphatic rings. The fraction of sp³-hybridized carbons (Fsp3) is 0.429. The third-order valence-electron chi connectivity index (χ3n) is 3.19. The minimum Gasteiger partial charge on any atom is -0.364 e. The molecule has 0 spiro atoms. The molecule has 0 bridgehead atoms. The summed E-state index contributed by atoms with van der Waals surface area (Å²) in [6.07, 6.45) is 1.64. The van der Waals surface area contributed by atoms with Crippen molar-refractivity contribution < 1.29 is 12.3 Å². The fourth-order valence-electron chi connectivity index (χ4n) is 2.10. The quantitative estimate of drug-likeness (QED) is 0.727. The molecule has 6 nitrogen and oxygen atoms in total. The van der Waals surface area contributed by atoms with Crippen LogP contribution in [0.25, 0.3) is 0 Å². The summed E-state index contributed by atoms with van der Waals surface area (Å²) in [5, 5.41) is 8.38. The van der Waals surface area contributed by atoms with E-state index >= 15 is 0 Å². The Kier molecular flexibility index (Phi) is 5.12. The van der Waals surface area contributed by atoms with Crippen LogP contribution in [-0.4, -0.2) is 35.7 Å². The molecular weight excluding hydrogens is 307 g/mol. The van der Waals surface area contributed by atoms with Crippen LogP contribution in [0.1, 0.15) is 18.2 Å². The molecule has 0 fully saturated rings. The van der Waals surface area contributed by atoms with E-state index in [1.807, 2.05) is 38.1 Å². The number of anilines is 1. The van der Waals surface area contributed by atoms with Crippen molar-refractivity contribution >= 4 is 15.9 Å². The average Bonchev–Trinajstić information content (AvgIpc) is 2.90. The van der Waals surface area contributed by atoms with Crippen LogP contribution in [0, 0.1) is 6.92 Å². The van der Waals surface area contributed by atoms with Crippen LogP contribution in [0.15, 0.2) is 30.5 Å². The Morgan fingerprint density at radius 3 is 2.73 bits per heavy atom. The number of rotatable bonds is 7. The van der Waals surface area contributed by atoms with E-state index in [1.54, 1.807) is 15.9 Å². The second kappa shape index (κ2) is 6.87. The third kappa shape index (κ3) is 4.80. The molecule has 8 heteroatoms. The van der Waals surface area contributed by atoms with Gasteiger partial charge in [0.15, 0.2) is 0 Å². The third-order valence-corrected chi connectivity index (χ3v) is 3.86. The van der Waals surface area contributed by atoms with E-state index in [4.69, 9.17) is 0 Å². The predicted molar refractivity (Wildman–Crippen MR) is 82.8 cm³/mol. The first-order valence-electron chi connectivity index (χ1n) is 7.00. The van der Waals surface area contributed by atoms with Crippen molar-refractivity contribution in [3.8, 4) is 0 Å². The van der Waals surface area contributed by atoms with E-state index in [2.05, 4.69) is 10.2 Å². The Morgan fingerprint density at radius 2 is 2.14 bits per heavy atom. The monoisotopic (exact) mass is 326 g/mol. The van der Waals surface area contributed by atoms with Gasteiger partial charge in [-0.2, -0.15) is 23.4 Å². The van der Waals surface area contributed by atoms with E-state index in [0.717, 1.165) is 11.3 Å². The van der Waals surface area contributed by atoms with E-state index in [-0.39, 0.29) is 6.54 Å². The summed E-state index contributed by atoms with van der Waals surface area (Å²) in [7, 11) is -4.51. The second-order valence-corrected chi connectivity index (χ2v) is 6.51. The smallest absolute Gasteiger partial charge is 0.304 e. The zero-order valence-electron chi connectivity index (χ0n) is 12.6. The average molecular weight is 326 g/mol. The van der Waals surface area contributed by atoms with Gasteiger partial charge in [0.25, 0.3) is 0 Å². The van der Waals surface area contributed by atoms with Crippen LogP contribution in [-0.2, 0) is 23.3 Å². The lowest BCUT2D eigenvalue weighted by atomic mass is 10.2. The van der Waals surface area contributed by atoms with Crippen LogP contribution in [0.5, 0.6) is 0 Å². The maximum atomic E-state index is 12.9. The highest BCUT2D eigenvalue weighted by Gasteiger charge is 2.15. The summed E-state index contributed by atoms with van der Waals surface area (Å²) >= 11 is 0. The van der Waals surface area contributed by atoms with Gasteiger partial charge >= 0.3 is 10.2 Å². The normalized spacial score (nSPS) is 11.6. The number of nitrogens with zero attached hydrogens (tertiary/aromatic N) is 4. The summed E-state index contributed by atoms with van der Waals surface area (Å²) < 4.78 is 34.5. The number of hydrogen-bond donors (Lipinski definition) is 0. The van der Waals surface area contributed by atoms with Gasteiger partial charge in [0.1, 0.15) is 5.69 Å². The zero-order valence-corrected chi connectivity index (χ0v) is 13.4. The summed E-state index contributed by atoms with van der Waals surface area (Å²) in [6, 6.07) is 7.61. The Bertz CT molecular complexity index is 730. The van der Waals surface area contributed by atoms with Gasteiger partial charge in [-0.15, -0.1) is 3.89 Å². The van der Waals surface area contributed by atoms with Gasteiger partial charge in [0.05, 0.1) is 25.0 Å². The molecule has 0 saturated carbocycles. The molecule has 1 heterocycles. The Morgan fingerprint density at radius 1 is 1.36 bits per heavy atom. The fourth-order valence-corrected chi connectivity index (χ4v) is 2.54. The van der Waals surface area contributed by atoms with Crippen molar-refractivity contribution in [2.75, 3.05) is 17.2 Å². The molecule has 0 amide bonds. The van der Waals surface area contributed by atoms with E-state index in [9.17, 15) is 12.3 Å². The van der Waals surface area contributed by atoms with Crippen molar-refractivity contribution in [1.82, 2.24) is 15.0 Å². The van der Waals surface area contributed by atoms with Crippen LogP contribution < -0.4 is 4.90 Å². The Hall–Kier alpha value is -1.96. The van der Waals surface area contributed by atoms with Crippen LogP contribution in [0.3, 0.4) is 0 Å². The topological polar surface area (TPSA) is 68.1 Å². The molecular formula is C14H19FN4O2S. The van der Waals surface area contributed by atoms with Gasteiger partial charge in [-0.1, -0.05) is 12.1 Å². The van der Waals surface area contributed by atoms with Gasteiger partial charge in [0, 0.05) is 12.2 Å². The summed E-state index contributed by atoms with van der Waals surface area (Å²) in [5.41, 5.74) is 2.58. The molecule has 0 unspecified atom stereocenters. The first-order valence-corrected chi connectivity index (χ1v) is 8.55. The minimum atomic E-state index is -4.51. The second-order valence-electron chi connectivity index (χ2n) is 5.03. The predicted octanol–water partition coefficient (Wildman–Crippen LogP) is 1.91. The highest BCUT2D eigenvalue weighted by molar-refractivity contribution is 7.86. The molecule has 0 saturated heterocycles. The maximum absolute atomic E-state index is 12.9. The Balaban J connectivity index is 2.20. The summed E-state index contributed by atoms with van der Waals surface area (Å²) in [5.74, 6) is -0.553. The van der Waals surface area contributed by atoms with Crippen LogP contribution in [0.4, 0.5) is 9.57 Å². The lowest BCUT2D eigenvalue weighted by Crippen LogP contribution is -2.28. The van der Waals surface area contributed by atoms with Crippen molar-refractivity contribution in [2.24, 2.45) is 0 Å². The van der Waals surface area contributed by atoms with Gasteiger partial charge in [0.2, 0.25) is 0 Å². The van der Waals surface area contributed by atoms with Crippen LogP contribution in [0.2, 0.25) is 0 Å². The number of aryl methyl sites for hydroxylation is 2. The number of aromatic nitrogens is 3. The zero-order chi connectivity index (χ0) is 16.2. The van der Waals surface area contributed by atoms with Crippen molar-refractivity contribution in [3.05, 3.63) is 41.7 Å². The van der Waals surface area contributed by atoms with Crippen molar-refractivity contribution in [1.29, 1.82) is 0 Å². The van der Waals surface area contributed by atoms with E-state index < -0.39 is 16.0 Å². The highest BCUT2D eigenvalue weighted by Crippen LogP contribution is 2.18. The first-order chi connectivity index (χ1) is 10.4. The molecule has 1 aromatic heterocycles. The molecule has 1 aromatic carbocycles. The number of hydrogen-bond acceptors (Lipinski definition) is 5. The van der Waals surface area contributed by atoms with Gasteiger partial charge in [-0.3, -0.25) is 0 Å². The largest absolute Gasteiger partial charge is 0.364 e. The maximum Gasteiger partial charge on any atom is 0.304 e. The van der Waals surface area contributed by atoms with E-state index in [1.165, 1.54) is 0 Å². The molecule has 0 radical (unpaired) electrons. The molecule has 2 aromatic rings. The highest BCUT2D eigenvalue weighted by atomic mass is 32.3. The van der Waals surface area contributed by atoms with Gasteiger partial charge in [-0.25, -0.2) is 0 Å². The minimum absolute atomic E-state index is 0.0568. The van der Waals surface area contributed by atoms with Crippen molar-refractivity contribution in [3.63, 3.8) is 0 Å². The molecule has 0 atom stereocenters. The molecule has 0 aliphatic heterocycles. The molecule has 120 valence electrons. The molecule has 22 heavy (non-hydrogen) atoms. The SMILES string of the molecule is CCn1ncc(CN(CCS(=O)(=O)F)c2cccc(C)c2)n1. The van der Waals surface area contributed by atoms with Crippen LogP contribution >= 0.6 is 0 Å². The van der Waals surface area contributed by atoms with Gasteiger partial charge < -0.3 is 4.90 Å². The molecule has 0 N–H and O–H groups in total. The molecule has 2 rings (SSSR count). The Labute approximate surface area is 129 Å². The first kappa shape index (κ1) is 16.4. The lowest BCUT2D eigenvalue weighted by molar-refractivity contribution is 0.549. The lowest BCUT2D eigenvalue weighted by Gasteiger charge is -2.23. The summed E-state index contributed by atoms with van der Waals surface area (Å²) in [6.45, 7) is 4.96. The summed E-state index contributed by atoms with van der Waals surface area (Å²) in [4.78, 5) is 3.34. The standard InChI is InChI=1S/C14H19FN4O2S/c1-3-19-16-10-13(17-19)11-18(7-8-22(15,20)21)14-6-4-5-12(2)9-14/h4-6,9-10H,3,7-8,11H2,1-2H3.